The van der Waals surface area contributed by atoms with Crippen molar-refractivity contribution in [2.75, 3.05) is 6.61 Å². The molecule has 7 nitrogen and oxygen atoms in total. The molecule has 1 aromatic rings. The molecule has 1 saturated heterocycles. The van der Waals surface area contributed by atoms with Crippen LogP contribution in [0.5, 0.6) is 5.75 Å². The van der Waals surface area contributed by atoms with E-state index in [9.17, 15) is 25.5 Å². The predicted octanol–water partition coefficient (Wildman–Crippen LogP) is -0.134. The second kappa shape index (κ2) is 8.75. The molecule has 5 unspecified atom stereocenters. The van der Waals surface area contributed by atoms with Gasteiger partial charge in [-0.1, -0.05) is 17.7 Å². The van der Waals surface area contributed by atoms with Crippen LogP contribution in [-0.2, 0) is 17.8 Å². The van der Waals surface area contributed by atoms with Crippen molar-refractivity contribution < 1.29 is 35.0 Å². The molecule has 0 radical (unpaired) electrons. The van der Waals surface area contributed by atoms with Crippen molar-refractivity contribution in [2.45, 2.75) is 57.6 Å². The maximum absolute atomic E-state index is 10.1. The van der Waals surface area contributed by atoms with E-state index in [1.165, 1.54) is 0 Å². The van der Waals surface area contributed by atoms with E-state index in [-0.39, 0.29) is 6.61 Å². The summed E-state index contributed by atoms with van der Waals surface area (Å²) >= 11 is 0. The summed E-state index contributed by atoms with van der Waals surface area (Å²) in [6.07, 6.45) is -4.09. The van der Waals surface area contributed by atoms with Crippen molar-refractivity contribution >= 4 is 0 Å². The van der Waals surface area contributed by atoms with Crippen LogP contribution >= 0.6 is 0 Å². The molecule has 1 aliphatic heterocycles. The van der Waals surface area contributed by atoms with E-state index in [2.05, 4.69) is 0 Å². The second-order valence-corrected chi connectivity index (χ2v) is 6.40. The van der Waals surface area contributed by atoms with Gasteiger partial charge in [-0.25, -0.2) is 0 Å². The van der Waals surface area contributed by atoms with Crippen LogP contribution in [-0.4, -0.2) is 62.8 Å². The first-order valence-corrected chi connectivity index (χ1v) is 8.20. The number of rotatable bonds is 6. The Balaban J connectivity index is 2.24. The predicted molar refractivity (Wildman–Crippen MR) is 89.9 cm³/mol. The lowest BCUT2D eigenvalue weighted by atomic mass is 9.99. The van der Waals surface area contributed by atoms with Gasteiger partial charge in [0.25, 0.3) is 0 Å². The molecular weight excluding hydrogens is 328 g/mol. The molecule has 0 spiro atoms. The van der Waals surface area contributed by atoms with Crippen LogP contribution in [0.15, 0.2) is 29.8 Å². The molecule has 0 aliphatic carbocycles. The van der Waals surface area contributed by atoms with E-state index in [0.717, 1.165) is 16.7 Å². The fourth-order valence-corrected chi connectivity index (χ4v) is 2.61. The standard InChI is InChI=1S/C18H26O7/c1-10(2)3-5-12-7-11(8-19)4-6-13(12)24-18-17(23)16(22)15(21)14(9-20)25-18/h3-4,6-7,14-23H,5,8-9H2,1-2H3. The number of aliphatic hydroxyl groups excluding tert-OH is 5. The summed E-state index contributed by atoms with van der Waals surface area (Å²) < 4.78 is 11.1. The minimum absolute atomic E-state index is 0.109. The number of ether oxygens (including phenoxy) is 2. The van der Waals surface area contributed by atoms with Crippen molar-refractivity contribution in [2.24, 2.45) is 0 Å². The largest absolute Gasteiger partial charge is 0.462 e. The Morgan fingerprint density at radius 2 is 1.84 bits per heavy atom. The van der Waals surface area contributed by atoms with Gasteiger partial charge < -0.3 is 35.0 Å². The molecule has 1 heterocycles. The van der Waals surface area contributed by atoms with Crippen LogP contribution in [0, 0.1) is 0 Å². The van der Waals surface area contributed by atoms with E-state index in [1.54, 1.807) is 18.2 Å². The molecule has 1 aliphatic rings. The van der Waals surface area contributed by atoms with Crippen molar-refractivity contribution in [3.8, 4) is 5.75 Å². The minimum Gasteiger partial charge on any atom is -0.462 e. The van der Waals surface area contributed by atoms with Crippen LogP contribution in [0.25, 0.3) is 0 Å². The fourth-order valence-electron chi connectivity index (χ4n) is 2.61. The Morgan fingerprint density at radius 1 is 1.12 bits per heavy atom. The summed E-state index contributed by atoms with van der Waals surface area (Å²) in [7, 11) is 0. The first kappa shape index (κ1) is 19.8. The van der Waals surface area contributed by atoms with Crippen LogP contribution in [0.3, 0.4) is 0 Å². The molecule has 5 N–H and O–H groups in total. The van der Waals surface area contributed by atoms with Gasteiger partial charge in [0.15, 0.2) is 0 Å². The lowest BCUT2D eigenvalue weighted by Crippen LogP contribution is -2.60. The minimum atomic E-state index is -1.49. The number of hydrogen-bond donors (Lipinski definition) is 5. The van der Waals surface area contributed by atoms with Crippen LogP contribution in [0.4, 0.5) is 0 Å². The molecule has 1 fully saturated rings. The van der Waals surface area contributed by atoms with E-state index in [1.807, 2.05) is 19.9 Å². The molecule has 5 atom stereocenters. The third-order valence-electron chi connectivity index (χ3n) is 4.13. The topological polar surface area (TPSA) is 120 Å². The number of allylic oxidation sites excluding steroid dienone is 2. The van der Waals surface area contributed by atoms with Crippen molar-refractivity contribution in [3.63, 3.8) is 0 Å². The summed E-state index contributed by atoms with van der Waals surface area (Å²) in [5.74, 6) is 0.430. The highest BCUT2D eigenvalue weighted by atomic mass is 16.7. The first-order valence-electron chi connectivity index (χ1n) is 8.20. The summed E-state index contributed by atoms with van der Waals surface area (Å²) in [6.45, 7) is 3.31. The third-order valence-corrected chi connectivity index (χ3v) is 4.13. The zero-order valence-corrected chi connectivity index (χ0v) is 14.4. The fraction of sp³-hybridized carbons (Fsp3) is 0.556. The molecule has 0 bridgehead atoms. The molecular formula is C18H26O7. The Kier molecular flexibility index (Phi) is 6.95. The quantitative estimate of drug-likeness (QED) is 0.451. The van der Waals surface area contributed by atoms with Gasteiger partial charge in [0.1, 0.15) is 30.2 Å². The zero-order valence-electron chi connectivity index (χ0n) is 14.4. The maximum atomic E-state index is 10.1. The normalized spacial score (nSPS) is 29.3. The number of benzene rings is 1. The van der Waals surface area contributed by atoms with Gasteiger partial charge in [0.2, 0.25) is 6.29 Å². The van der Waals surface area contributed by atoms with E-state index in [0.29, 0.717) is 12.2 Å². The molecule has 25 heavy (non-hydrogen) atoms. The Bertz CT molecular complexity index is 595. The lowest BCUT2D eigenvalue weighted by Gasteiger charge is -2.39. The molecule has 0 aromatic heterocycles. The van der Waals surface area contributed by atoms with Crippen LogP contribution < -0.4 is 4.74 Å². The average Bonchev–Trinajstić information content (AvgIpc) is 2.61. The Labute approximate surface area is 146 Å². The van der Waals surface area contributed by atoms with Crippen molar-refractivity contribution in [3.05, 3.63) is 41.0 Å². The highest BCUT2D eigenvalue weighted by Gasteiger charge is 2.44. The highest BCUT2D eigenvalue weighted by molar-refractivity contribution is 5.39. The highest BCUT2D eigenvalue weighted by Crippen LogP contribution is 2.28. The van der Waals surface area contributed by atoms with Gasteiger partial charge in [-0.2, -0.15) is 0 Å². The van der Waals surface area contributed by atoms with E-state index >= 15 is 0 Å². The van der Waals surface area contributed by atoms with Crippen LogP contribution in [0.2, 0.25) is 0 Å². The number of aliphatic hydroxyl groups is 5. The van der Waals surface area contributed by atoms with Gasteiger partial charge in [-0.05, 0) is 43.5 Å². The molecule has 7 heteroatoms. The van der Waals surface area contributed by atoms with Gasteiger partial charge in [0.05, 0.1) is 13.2 Å². The lowest BCUT2D eigenvalue weighted by molar-refractivity contribution is -0.277. The van der Waals surface area contributed by atoms with Crippen LogP contribution in [0.1, 0.15) is 25.0 Å². The molecule has 2 rings (SSSR count). The molecule has 0 saturated carbocycles. The van der Waals surface area contributed by atoms with Gasteiger partial charge >= 0.3 is 0 Å². The average molecular weight is 354 g/mol. The van der Waals surface area contributed by atoms with Crippen molar-refractivity contribution in [1.29, 1.82) is 0 Å². The van der Waals surface area contributed by atoms with E-state index in [4.69, 9.17) is 9.47 Å². The maximum Gasteiger partial charge on any atom is 0.229 e. The molecule has 140 valence electrons. The Hall–Kier alpha value is -1.48. The van der Waals surface area contributed by atoms with Gasteiger partial charge in [-0.3, -0.25) is 0 Å². The molecule has 0 amide bonds. The van der Waals surface area contributed by atoms with Gasteiger partial charge in [-0.15, -0.1) is 0 Å². The SMILES string of the molecule is CC(C)=CCc1cc(CO)ccc1OC1OC(CO)C(O)C(O)C1O. The zero-order chi connectivity index (χ0) is 18.6. The monoisotopic (exact) mass is 354 g/mol. The summed E-state index contributed by atoms with van der Waals surface area (Å²) in [4.78, 5) is 0. The third kappa shape index (κ3) is 4.78. The summed E-state index contributed by atoms with van der Waals surface area (Å²) in [5, 5.41) is 48.3. The first-order chi connectivity index (χ1) is 11.9. The Morgan fingerprint density at radius 3 is 2.44 bits per heavy atom. The second-order valence-electron chi connectivity index (χ2n) is 6.40. The smallest absolute Gasteiger partial charge is 0.229 e. The van der Waals surface area contributed by atoms with Crippen molar-refractivity contribution in [1.82, 2.24) is 0 Å². The van der Waals surface area contributed by atoms with Gasteiger partial charge in [0, 0.05) is 0 Å². The van der Waals surface area contributed by atoms with E-state index < -0.39 is 37.3 Å². The molecule has 1 aromatic carbocycles. The summed E-state index contributed by atoms with van der Waals surface area (Å²) in [6, 6.07) is 5.13. The summed E-state index contributed by atoms with van der Waals surface area (Å²) in [5.41, 5.74) is 2.62. The number of hydrogen-bond acceptors (Lipinski definition) is 7.